The molecule has 5 nitrogen and oxygen atoms in total. The molecule has 0 N–H and O–H groups in total. The number of aromatic nitrogens is 4. The molecule has 6 heteroatoms. The second-order valence-electron chi connectivity index (χ2n) is 5.15. The molecule has 0 aliphatic carbocycles. The lowest BCUT2D eigenvalue weighted by Gasteiger charge is -2.09. The summed E-state index contributed by atoms with van der Waals surface area (Å²) in [5.74, 6) is 1.07. The average Bonchev–Trinajstić information content (AvgIpc) is 2.97. The van der Waals surface area contributed by atoms with Crippen molar-refractivity contribution in [1.82, 2.24) is 19.1 Å². The third-order valence-electron chi connectivity index (χ3n) is 3.70. The lowest BCUT2D eigenvalue weighted by atomic mass is 10.2. The van der Waals surface area contributed by atoms with Crippen LogP contribution in [0.3, 0.4) is 0 Å². The number of hydrogen-bond acceptors (Lipinski definition) is 3. The van der Waals surface area contributed by atoms with E-state index in [0.717, 1.165) is 25.2 Å². The molecular weight excluding hydrogens is 300 g/mol. The van der Waals surface area contributed by atoms with Crippen molar-refractivity contribution in [3.63, 3.8) is 0 Å². The number of aryl methyl sites for hydroxylation is 3. The van der Waals surface area contributed by atoms with Crippen LogP contribution >= 0.6 is 11.6 Å². The quantitative estimate of drug-likeness (QED) is 0.727. The lowest BCUT2D eigenvalue weighted by Crippen LogP contribution is -2.21. The number of halogens is 1. The standard InChI is InChI=1S/C16H17ClN4O/c1-2-15-18-6-9-20(15)7-3-8-21-11-19-14-5-4-12(17)10-13(14)16(21)22/h4-6,9-11H,2-3,7-8H2,1H3. The van der Waals surface area contributed by atoms with Gasteiger partial charge in [0.25, 0.3) is 5.56 Å². The van der Waals surface area contributed by atoms with Crippen LogP contribution in [0.2, 0.25) is 5.02 Å². The molecular formula is C16H17ClN4O. The molecule has 0 radical (unpaired) electrons. The third kappa shape index (κ3) is 2.90. The molecule has 0 aliphatic heterocycles. The first-order valence-corrected chi connectivity index (χ1v) is 7.71. The van der Waals surface area contributed by atoms with Crippen LogP contribution in [0, 0.1) is 0 Å². The Morgan fingerprint density at radius 3 is 2.82 bits per heavy atom. The number of imidazole rings is 1. The summed E-state index contributed by atoms with van der Waals surface area (Å²) in [6, 6.07) is 5.18. The first-order chi connectivity index (χ1) is 10.7. The lowest BCUT2D eigenvalue weighted by molar-refractivity contribution is 0.538. The van der Waals surface area contributed by atoms with Crippen LogP contribution in [-0.2, 0) is 19.5 Å². The monoisotopic (exact) mass is 316 g/mol. The maximum absolute atomic E-state index is 12.4. The van der Waals surface area contributed by atoms with Crippen LogP contribution in [-0.4, -0.2) is 19.1 Å². The molecule has 0 saturated carbocycles. The van der Waals surface area contributed by atoms with Crippen molar-refractivity contribution in [3.05, 3.63) is 58.1 Å². The van der Waals surface area contributed by atoms with Gasteiger partial charge in [-0.15, -0.1) is 0 Å². The van der Waals surface area contributed by atoms with Gasteiger partial charge in [0.2, 0.25) is 0 Å². The van der Waals surface area contributed by atoms with E-state index < -0.39 is 0 Å². The van der Waals surface area contributed by atoms with Gasteiger partial charge in [-0.1, -0.05) is 18.5 Å². The minimum Gasteiger partial charge on any atom is -0.335 e. The summed E-state index contributed by atoms with van der Waals surface area (Å²) in [4.78, 5) is 21.1. The van der Waals surface area contributed by atoms with Crippen LogP contribution in [0.25, 0.3) is 10.9 Å². The maximum atomic E-state index is 12.4. The zero-order valence-electron chi connectivity index (χ0n) is 12.4. The van der Waals surface area contributed by atoms with Crippen LogP contribution in [0.1, 0.15) is 19.2 Å². The van der Waals surface area contributed by atoms with Crippen molar-refractivity contribution in [3.8, 4) is 0 Å². The SMILES string of the molecule is CCc1nccn1CCCn1cnc2ccc(Cl)cc2c1=O. The van der Waals surface area contributed by atoms with E-state index in [-0.39, 0.29) is 5.56 Å². The number of nitrogens with zero attached hydrogens (tertiary/aromatic N) is 4. The summed E-state index contributed by atoms with van der Waals surface area (Å²) in [6.07, 6.45) is 7.14. The normalized spacial score (nSPS) is 11.2. The van der Waals surface area contributed by atoms with E-state index in [1.165, 1.54) is 0 Å². The summed E-state index contributed by atoms with van der Waals surface area (Å²) >= 11 is 5.96. The highest BCUT2D eigenvalue weighted by atomic mass is 35.5. The Morgan fingerprint density at radius 2 is 2.00 bits per heavy atom. The van der Waals surface area contributed by atoms with Crippen LogP contribution in [0.5, 0.6) is 0 Å². The van der Waals surface area contributed by atoms with Crippen molar-refractivity contribution >= 4 is 22.5 Å². The van der Waals surface area contributed by atoms with Crippen LogP contribution in [0.15, 0.2) is 41.7 Å². The Kier molecular flexibility index (Phi) is 4.24. The highest BCUT2D eigenvalue weighted by Gasteiger charge is 2.05. The van der Waals surface area contributed by atoms with E-state index >= 15 is 0 Å². The van der Waals surface area contributed by atoms with E-state index in [4.69, 9.17) is 11.6 Å². The molecule has 0 atom stereocenters. The molecule has 0 unspecified atom stereocenters. The highest BCUT2D eigenvalue weighted by Crippen LogP contribution is 2.14. The first kappa shape index (κ1) is 14.8. The van der Waals surface area contributed by atoms with Crippen LogP contribution in [0.4, 0.5) is 0 Å². The van der Waals surface area contributed by atoms with Gasteiger partial charge in [0, 0.05) is 36.9 Å². The molecule has 1 aromatic carbocycles. The van der Waals surface area contributed by atoms with E-state index in [9.17, 15) is 4.79 Å². The summed E-state index contributed by atoms with van der Waals surface area (Å²) in [5.41, 5.74) is 0.627. The minimum absolute atomic E-state index is 0.0474. The van der Waals surface area contributed by atoms with Crippen molar-refractivity contribution in [2.75, 3.05) is 0 Å². The highest BCUT2D eigenvalue weighted by molar-refractivity contribution is 6.31. The van der Waals surface area contributed by atoms with Gasteiger partial charge in [0.15, 0.2) is 0 Å². The molecule has 2 heterocycles. The van der Waals surface area contributed by atoms with E-state index in [1.54, 1.807) is 29.1 Å². The number of rotatable bonds is 5. The molecule has 0 aliphatic rings. The number of benzene rings is 1. The predicted octanol–water partition coefficient (Wildman–Crippen LogP) is 2.90. The Labute approximate surface area is 133 Å². The van der Waals surface area contributed by atoms with Gasteiger partial charge in [-0.05, 0) is 24.6 Å². The number of fused-ring (bicyclic) bond motifs is 1. The Morgan fingerprint density at radius 1 is 1.18 bits per heavy atom. The minimum atomic E-state index is -0.0474. The van der Waals surface area contributed by atoms with Gasteiger partial charge >= 0.3 is 0 Å². The van der Waals surface area contributed by atoms with Crippen molar-refractivity contribution in [2.24, 2.45) is 0 Å². The molecule has 0 amide bonds. The van der Waals surface area contributed by atoms with Crippen molar-refractivity contribution in [1.29, 1.82) is 0 Å². The van der Waals surface area contributed by atoms with Gasteiger partial charge in [0.05, 0.1) is 17.2 Å². The van der Waals surface area contributed by atoms with Gasteiger partial charge in [-0.25, -0.2) is 9.97 Å². The second kappa shape index (κ2) is 6.32. The van der Waals surface area contributed by atoms with Gasteiger partial charge < -0.3 is 4.57 Å². The fourth-order valence-corrected chi connectivity index (χ4v) is 2.73. The third-order valence-corrected chi connectivity index (χ3v) is 3.94. The van der Waals surface area contributed by atoms with E-state index in [0.29, 0.717) is 22.5 Å². The molecule has 3 rings (SSSR count). The Hall–Kier alpha value is -2.14. The molecule has 0 fully saturated rings. The molecule has 2 aromatic heterocycles. The number of hydrogen-bond donors (Lipinski definition) is 0. The second-order valence-corrected chi connectivity index (χ2v) is 5.58. The van der Waals surface area contributed by atoms with Gasteiger partial charge in [-0.2, -0.15) is 0 Å². The van der Waals surface area contributed by atoms with E-state index in [2.05, 4.69) is 21.5 Å². The molecule has 0 spiro atoms. The fourth-order valence-electron chi connectivity index (χ4n) is 2.56. The zero-order valence-corrected chi connectivity index (χ0v) is 13.1. The summed E-state index contributed by atoms with van der Waals surface area (Å²) in [7, 11) is 0. The van der Waals surface area contributed by atoms with Gasteiger partial charge in [0.1, 0.15) is 5.82 Å². The van der Waals surface area contributed by atoms with Crippen molar-refractivity contribution in [2.45, 2.75) is 32.9 Å². The summed E-state index contributed by atoms with van der Waals surface area (Å²) in [5, 5.41) is 1.11. The largest absolute Gasteiger partial charge is 0.335 e. The molecule has 114 valence electrons. The van der Waals surface area contributed by atoms with E-state index in [1.807, 2.05) is 12.4 Å². The zero-order chi connectivity index (χ0) is 15.5. The molecule has 0 bridgehead atoms. The van der Waals surface area contributed by atoms with Gasteiger partial charge in [-0.3, -0.25) is 9.36 Å². The Bertz CT molecular complexity index is 853. The molecule has 3 aromatic rings. The topological polar surface area (TPSA) is 52.7 Å². The molecule has 22 heavy (non-hydrogen) atoms. The summed E-state index contributed by atoms with van der Waals surface area (Å²) in [6.45, 7) is 3.54. The maximum Gasteiger partial charge on any atom is 0.261 e. The fraction of sp³-hybridized carbons (Fsp3) is 0.312. The Balaban J connectivity index is 1.77. The predicted molar refractivity (Wildman–Crippen MR) is 87.2 cm³/mol. The van der Waals surface area contributed by atoms with Crippen molar-refractivity contribution < 1.29 is 0 Å². The summed E-state index contributed by atoms with van der Waals surface area (Å²) < 4.78 is 3.76. The van der Waals surface area contributed by atoms with Crippen LogP contribution < -0.4 is 5.56 Å². The average molecular weight is 317 g/mol. The smallest absolute Gasteiger partial charge is 0.261 e. The first-order valence-electron chi connectivity index (χ1n) is 7.33. The molecule has 0 saturated heterocycles.